The number of aliphatic hydroxyl groups is 1. The maximum absolute atomic E-state index is 11.9. The van der Waals surface area contributed by atoms with Crippen molar-refractivity contribution in [1.29, 1.82) is 0 Å². The Morgan fingerprint density at radius 2 is 1.94 bits per heavy atom. The van der Waals surface area contributed by atoms with E-state index in [9.17, 15) is 9.90 Å². The Bertz CT molecular complexity index is 257. The Morgan fingerprint density at radius 3 is 2.31 bits per heavy atom. The van der Waals surface area contributed by atoms with E-state index in [4.69, 9.17) is 4.43 Å². The van der Waals surface area contributed by atoms with Crippen LogP contribution in [0.2, 0.25) is 13.1 Å². The lowest BCUT2D eigenvalue weighted by Crippen LogP contribution is -2.47. The van der Waals surface area contributed by atoms with Gasteiger partial charge in [0.2, 0.25) is 0 Å². The molecule has 0 spiro atoms. The van der Waals surface area contributed by atoms with E-state index >= 15 is 0 Å². The van der Waals surface area contributed by atoms with Gasteiger partial charge in [0.05, 0.1) is 6.10 Å². The first-order chi connectivity index (χ1) is 7.21. The second-order valence-corrected chi connectivity index (χ2v) is 8.51. The molecule has 0 amide bonds. The van der Waals surface area contributed by atoms with E-state index in [1.165, 1.54) is 0 Å². The molecule has 0 aromatic heterocycles. The molecule has 1 saturated carbocycles. The van der Waals surface area contributed by atoms with E-state index in [2.05, 4.69) is 20.8 Å². The molecule has 1 aliphatic rings. The molecule has 3 atom stereocenters. The van der Waals surface area contributed by atoms with Crippen molar-refractivity contribution in [3.05, 3.63) is 0 Å². The number of carbonyl (C=O) groups is 1. The van der Waals surface area contributed by atoms with Crippen LogP contribution in [0.3, 0.4) is 0 Å². The lowest BCUT2D eigenvalue weighted by Gasteiger charge is -2.39. The highest BCUT2D eigenvalue weighted by Crippen LogP contribution is 2.37. The quantitative estimate of drug-likeness (QED) is 0.753. The number of rotatable bonds is 2. The molecular formula is C12H24O3Si. The fourth-order valence-corrected chi connectivity index (χ4v) is 3.11. The van der Waals surface area contributed by atoms with E-state index in [1.807, 2.05) is 13.1 Å². The average molecular weight is 244 g/mol. The zero-order chi connectivity index (χ0) is 12.5. The van der Waals surface area contributed by atoms with Crippen molar-refractivity contribution in [2.45, 2.75) is 58.9 Å². The van der Waals surface area contributed by atoms with Crippen molar-refractivity contribution in [3.8, 4) is 0 Å². The number of hydrogen-bond donors (Lipinski definition) is 1. The summed E-state index contributed by atoms with van der Waals surface area (Å²) in [4.78, 5) is 11.9. The summed E-state index contributed by atoms with van der Waals surface area (Å²) in [6.45, 7) is 10.4. The highest BCUT2D eigenvalue weighted by Gasteiger charge is 2.40. The van der Waals surface area contributed by atoms with Gasteiger partial charge in [0.1, 0.15) is 6.10 Å². The Kier molecular flexibility index (Phi) is 4.32. The molecule has 0 saturated heterocycles. The number of aliphatic hydroxyl groups excluding tert-OH is 1. The molecule has 1 rings (SSSR count). The molecular weight excluding hydrogens is 220 g/mol. The molecule has 0 radical (unpaired) electrons. The summed E-state index contributed by atoms with van der Waals surface area (Å²) in [5.41, 5.74) is 0.0802. The predicted molar refractivity (Wildman–Crippen MR) is 66.9 cm³/mol. The van der Waals surface area contributed by atoms with Gasteiger partial charge >= 0.3 is 0 Å². The first kappa shape index (κ1) is 13.9. The highest BCUT2D eigenvalue weighted by atomic mass is 28.3. The van der Waals surface area contributed by atoms with Gasteiger partial charge in [-0.05, 0) is 30.8 Å². The van der Waals surface area contributed by atoms with Gasteiger partial charge in [-0.2, -0.15) is 0 Å². The van der Waals surface area contributed by atoms with Gasteiger partial charge < -0.3 is 9.53 Å². The van der Waals surface area contributed by atoms with Gasteiger partial charge in [-0.25, -0.2) is 0 Å². The monoisotopic (exact) mass is 244 g/mol. The molecule has 0 bridgehead atoms. The zero-order valence-corrected chi connectivity index (χ0v) is 12.1. The zero-order valence-electron chi connectivity index (χ0n) is 11.0. The standard InChI is InChI=1S/C12H24O3Si/c1-12(2,3)8-6-9(13)11(10(14)7-8)15-16(4)5/h8-9,11,13,16H,6-7H2,1-5H3. The van der Waals surface area contributed by atoms with Gasteiger partial charge in [0, 0.05) is 6.42 Å². The summed E-state index contributed by atoms with van der Waals surface area (Å²) in [6, 6.07) is 0. The summed E-state index contributed by atoms with van der Waals surface area (Å²) < 4.78 is 5.62. The summed E-state index contributed by atoms with van der Waals surface area (Å²) in [6.07, 6.45) is 0.0681. The van der Waals surface area contributed by atoms with Crippen LogP contribution in [0, 0.1) is 11.3 Å². The Labute approximate surface area is 99.9 Å². The molecule has 4 heteroatoms. The molecule has 94 valence electrons. The first-order valence-corrected chi connectivity index (χ1v) is 8.86. The van der Waals surface area contributed by atoms with Crippen LogP contribution in [-0.2, 0) is 9.22 Å². The average Bonchev–Trinajstić information content (AvgIpc) is 2.09. The topological polar surface area (TPSA) is 46.5 Å². The molecule has 3 unspecified atom stereocenters. The number of Topliss-reactive ketones (excluding diaryl/α,β-unsaturated/α-hetero) is 1. The van der Waals surface area contributed by atoms with Gasteiger partial charge in [-0.15, -0.1) is 0 Å². The smallest absolute Gasteiger partial charge is 0.172 e. The molecule has 0 aromatic carbocycles. The molecule has 3 nitrogen and oxygen atoms in total. The molecule has 0 aliphatic heterocycles. The maximum Gasteiger partial charge on any atom is 0.172 e. The Morgan fingerprint density at radius 1 is 1.38 bits per heavy atom. The van der Waals surface area contributed by atoms with E-state index in [0.717, 1.165) is 0 Å². The number of ketones is 1. The fourth-order valence-electron chi connectivity index (χ4n) is 2.19. The third-order valence-electron chi connectivity index (χ3n) is 3.28. The maximum atomic E-state index is 11.9. The van der Waals surface area contributed by atoms with Crippen molar-refractivity contribution in [2.24, 2.45) is 11.3 Å². The minimum absolute atomic E-state index is 0.0802. The van der Waals surface area contributed by atoms with Gasteiger partial charge in [0.15, 0.2) is 14.8 Å². The fraction of sp³-hybridized carbons (Fsp3) is 0.917. The third-order valence-corrected chi connectivity index (χ3v) is 4.12. The second-order valence-electron chi connectivity index (χ2n) is 6.14. The predicted octanol–water partition coefficient (Wildman–Crippen LogP) is 1.74. The molecule has 16 heavy (non-hydrogen) atoms. The summed E-state index contributed by atoms with van der Waals surface area (Å²) in [5.74, 6) is 0.351. The van der Waals surface area contributed by atoms with E-state index in [1.54, 1.807) is 0 Å². The van der Waals surface area contributed by atoms with Crippen LogP contribution in [0.5, 0.6) is 0 Å². The van der Waals surface area contributed by atoms with Gasteiger partial charge in [0.25, 0.3) is 0 Å². The van der Waals surface area contributed by atoms with Crippen molar-refractivity contribution in [1.82, 2.24) is 0 Å². The summed E-state index contributed by atoms with van der Waals surface area (Å²) in [7, 11) is -1.26. The molecule has 0 aromatic rings. The third kappa shape index (κ3) is 3.40. The Hall–Kier alpha value is -0.193. The highest BCUT2D eigenvalue weighted by molar-refractivity contribution is 6.48. The lowest BCUT2D eigenvalue weighted by molar-refractivity contribution is -0.139. The molecule has 0 heterocycles. The van der Waals surface area contributed by atoms with Crippen molar-refractivity contribution in [2.75, 3.05) is 0 Å². The van der Waals surface area contributed by atoms with Crippen LogP contribution in [0.1, 0.15) is 33.6 Å². The van der Waals surface area contributed by atoms with Crippen LogP contribution in [0.15, 0.2) is 0 Å². The number of carbonyl (C=O) groups excluding carboxylic acids is 1. The molecule has 1 N–H and O–H groups in total. The minimum atomic E-state index is -1.26. The van der Waals surface area contributed by atoms with Crippen molar-refractivity contribution < 1.29 is 14.3 Å². The lowest BCUT2D eigenvalue weighted by atomic mass is 9.70. The largest absolute Gasteiger partial charge is 0.408 e. The number of hydrogen-bond acceptors (Lipinski definition) is 3. The van der Waals surface area contributed by atoms with Gasteiger partial charge in [-0.3, -0.25) is 4.79 Å². The van der Waals surface area contributed by atoms with Crippen LogP contribution < -0.4 is 0 Å². The van der Waals surface area contributed by atoms with E-state index in [0.29, 0.717) is 12.8 Å². The molecule has 1 aliphatic carbocycles. The van der Waals surface area contributed by atoms with E-state index < -0.39 is 21.2 Å². The SMILES string of the molecule is C[SiH](C)OC1C(=O)CC(C(C)(C)C)CC1O. The second kappa shape index (κ2) is 4.98. The van der Waals surface area contributed by atoms with Crippen molar-refractivity contribution >= 4 is 14.8 Å². The van der Waals surface area contributed by atoms with Crippen LogP contribution in [0.25, 0.3) is 0 Å². The van der Waals surface area contributed by atoms with Crippen LogP contribution in [0.4, 0.5) is 0 Å². The van der Waals surface area contributed by atoms with Gasteiger partial charge in [-0.1, -0.05) is 20.8 Å². The first-order valence-electron chi connectivity index (χ1n) is 6.08. The van der Waals surface area contributed by atoms with Crippen molar-refractivity contribution in [3.63, 3.8) is 0 Å². The van der Waals surface area contributed by atoms with Crippen LogP contribution >= 0.6 is 0 Å². The molecule has 1 fully saturated rings. The summed E-state index contributed by atoms with van der Waals surface area (Å²) >= 11 is 0. The van der Waals surface area contributed by atoms with E-state index in [-0.39, 0.29) is 17.1 Å². The Balaban J connectivity index is 2.68. The minimum Gasteiger partial charge on any atom is -0.408 e. The van der Waals surface area contributed by atoms with Crippen LogP contribution in [-0.4, -0.2) is 32.1 Å². The summed E-state index contributed by atoms with van der Waals surface area (Å²) in [5, 5.41) is 10.00. The normalized spacial score (nSPS) is 32.2.